The van der Waals surface area contributed by atoms with Crippen LogP contribution in [0.3, 0.4) is 0 Å². The van der Waals surface area contributed by atoms with Gasteiger partial charge in [-0.05, 0) is 37.5 Å². The van der Waals surface area contributed by atoms with Crippen molar-refractivity contribution in [2.75, 3.05) is 18.4 Å². The fourth-order valence-corrected chi connectivity index (χ4v) is 3.46. The molecule has 0 spiro atoms. The number of nitrogens with one attached hydrogen (secondary N) is 2. The van der Waals surface area contributed by atoms with Gasteiger partial charge in [0, 0.05) is 36.8 Å². The van der Waals surface area contributed by atoms with E-state index in [4.69, 9.17) is 4.52 Å². The molecule has 3 heterocycles. The van der Waals surface area contributed by atoms with Crippen LogP contribution < -0.4 is 11.0 Å². The number of aryl methyl sites for hydroxylation is 2. The molecule has 2 aromatic heterocycles. The first-order valence-corrected chi connectivity index (χ1v) is 9.66. The van der Waals surface area contributed by atoms with Crippen LogP contribution in [-0.4, -0.2) is 48.9 Å². The van der Waals surface area contributed by atoms with Crippen LogP contribution in [-0.2, 0) is 6.42 Å². The summed E-state index contributed by atoms with van der Waals surface area (Å²) in [6, 6.07) is 5.55. The third-order valence-corrected chi connectivity index (χ3v) is 5.23. The number of nitrogens with zero attached hydrogens (tertiary/aromatic N) is 5. The standard InChI is InChI=1S/C19H23N7O3/c1-3-16-22-17(29-24-16)13-5-4-12(2)15(10-13)21-18(27)25-8-6-14(7-9-25)26-11-20-23-19(26)28/h4-5,10-11,14H,3,6-9H2,1-2H3,(H,21,27)(H,23,28). The van der Waals surface area contributed by atoms with Crippen LogP contribution in [0.15, 0.2) is 33.8 Å². The second-order valence-electron chi connectivity index (χ2n) is 7.12. The quantitative estimate of drug-likeness (QED) is 0.697. The van der Waals surface area contributed by atoms with Gasteiger partial charge >= 0.3 is 11.7 Å². The number of carbonyl (C=O) groups excluding carboxylic acids is 1. The highest BCUT2D eigenvalue weighted by Crippen LogP contribution is 2.26. The molecular weight excluding hydrogens is 374 g/mol. The summed E-state index contributed by atoms with van der Waals surface area (Å²) in [4.78, 5) is 30.6. The van der Waals surface area contributed by atoms with Crippen LogP contribution in [0.4, 0.5) is 10.5 Å². The normalized spacial score (nSPS) is 14.9. The third kappa shape index (κ3) is 3.91. The fraction of sp³-hybridized carbons (Fsp3) is 0.421. The number of hydrogen-bond acceptors (Lipinski definition) is 6. The lowest BCUT2D eigenvalue weighted by Gasteiger charge is -2.32. The van der Waals surface area contributed by atoms with Crippen LogP contribution in [0.25, 0.3) is 11.5 Å². The fourth-order valence-electron chi connectivity index (χ4n) is 3.46. The van der Waals surface area contributed by atoms with Crippen LogP contribution in [0.2, 0.25) is 0 Å². The van der Waals surface area contributed by atoms with Gasteiger partial charge < -0.3 is 14.7 Å². The van der Waals surface area contributed by atoms with Crippen molar-refractivity contribution in [3.05, 3.63) is 46.4 Å². The lowest BCUT2D eigenvalue weighted by atomic mass is 10.1. The van der Waals surface area contributed by atoms with E-state index in [1.165, 1.54) is 6.33 Å². The monoisotopic (exact) mass is 397 g/mol. The molecule has 0 atom stereocenters. The Balaban J connectivity index is 1.42. The Labute approximate surface area is 166 Å². The minimum absolute atomic E-state index is 0.0562. The topological polar surface area (TPSA) is 122 Å². The maximum atomic E-state index is 12.8. The van der Waals surface area contributed by atoms with Gasteiger partial charge in [-0.25, -0.2) is 14.7 Å². The van der Waals surface area contributed by atoms with Gasteiger partial charge in [-0.1, -0.05) is 18.1 Å². The summed E-state index contributed by atoms with van der Waals surface area (Å²) in [5, 5.41) is 13.1. The summed E-state index contributed by atoms with van der Waals surface area (Å²) in [7, 11) is 0. The number of aromatic nitrogens is 5. The number of urea groups is 1. The Morgan fingerprint density at radius 3 is 2.79 bits per heavy atom. The smallest absolute Gasteiger partial charge is 0.334 e. The first kappa shape index (κ1) is 18.9. The third-order valence-electron chi connectivity index (χ3n) is 5.23. The highest BCUT2D eigenvalue weighted by molar-refractivity contribution is 5.91. The van der Waals surface area contributed by atoms with Crippen molar-refractivity contribution in [2.24, 2.45) is 0 Å². The molecule has 152 valence electrons. The van der Waals surface area contributed by atoms with Gasteiger partial charge in [-0.2, -0.15) is 10.1 Å². The van der Waals surface area contributed by atoms with Gasteiger partial charge in [0.15, 0.2) is 5.82 Å². The van der Waals surface area contributed by atoms with Crippen molar-refractivity contribution in [3.63, 3.8) is 0 Å². The van der Waals surface area contributed by atoms with Gasteiger partial charge in [-0.15, -0.1) is 0 Å². The molecule has 0 unspecified atom stereocenters. The van der Waals surface area contributed by atoms with E-state index in [-0.39, 0.29) is 17.8 Å². The number of carbonyl (C=O) groups is 1. The summed E-state index contributed by atoms with van der Waals surface area (Å²) in [6.07, 6.45) is 3.61. The SMILES string of the molecule is CCc1noc(-c2ccc(C)c(NC(=O)N3CCC(n4cn[nH]c4=O)CC3)c2)n1. The number of rotatable bonds is 4. The molecule has 3 aromatic rings. The molecule has 1 aliphatic heterocycles. The average Bonchev–Trinajstić information content (AvgIpc) is 3.38. The van der Waals surface area contributed by atoms with E-state index in [2.05, 4.69) is 25.7 Å². The number of benzene rings is 1. The summed E-state index contributed by atoms with van der Waals surface area (Å²) >= 11 is 0. The maximum Gasteiger partial charge on any atom is 0.343 e. The largest absolute Gasteiger partial charge is 0.343 e. The number of hydrogen-bond donors (Lipinski definition) is 2. The zero-order chi connectivity index (χ0) is 20.4. The number of piperidine rings is 1. The molecule has 10 heteroatoms. The Morgan fingerprint density at radius 1 is 1.34 bits per heavy atom. The Bertz CT molecular complexity index is 1060. The van der Waals surface area contributed by atoms with Crippen LogP contribution in [0, 0.1) is 6.92 Å². The minimum Gasteiger partial charge on any atom is -0.334 e. The molecule has 2 amide bonds. The lowest BCUT2D eigenvalue weighted by molar-refractivity contribution is 0.183. The molecule has 10 nitrogen and oxygen atoms in total. The van der Waals surface area contributed by atoms with E-state index in [0.717, 1.165) is 11.1 Å². The van der Waals surface area contributed by atoms with E-state index in [1.807, 2.05) is 32.0 Å². The van der Waals surface area contributed by atoms with Gasteiger partial charge in [0.05, 0.1) is 0 Å². The summed E-state index contributed by atoms with van der Waals surface area (Å²) in [6.45, 7) is 5.02. The second kappa shape index (κ2) is 7.90. The highest BCUT2D eigenvalue weighted by Gasteiger charge is 2.25. The zero-order valence-corrected chi connectivity index (χ0v) is 16.4. The molecule has 29 heavy (non-hydrogen) atoms. The molecule has 4 rings (SSSR count). The van der Waals surface area contributed by atoms with Gasteiger partial charge in [0.1, 0.15) is 6.33 Å². The first-order valence-electron chi connectivity index (χ1n) is 9.66. The van der Waals surface area contributed by atoms with Gasteiger partial charge in [0.25, 0.3) is 5.89 Å². The number of likely N-dealkylation sites (tertiary alicyclic amines) is 1. The Hall–Kier alpha value is -3.43. The molecule has 1 saturated heterocycles. The predicted octanol–water partition coefficient (Wildman–Crippen LogP) is 2.36. The van der Waals surface area contributed by atoms with Crippen molar-refractivity contribution in [2.45, 2.75) is 39.2 Å². The number of amides is 2. The average molecular weight is 397 g/mol. The van der Waals surface area contributed by atoms with E-state index < -0.39 is 0 Å². The van der Waals surface area contributed by atoms with Crippen molar-refractivity contribution in [3.8, 4) is 11.5 Å². The van der Waals surface area contributed by atoms with Crippen LogP contribution >= 0.6 is 0 Å². The lowest BCUT2D eigenvalue weighted by Crippen LogP contribution is -2.42. The molecule has 1 fully saturated rings. The summed E-state index contributed by atoms with van der Waals surface area (Å²) < 4.78 is 6.89. The summed E-state index contributed by atoms with van der Waals surface area (Å²) in [5.74, 6) is 1.08. The van der Waals surface area contributed by atoms with Crippen LogP contribution in [0.5, 0.6) is 0 Å². The maximum absolute atomic E-state index is 12.8. The minimum atomic E-state index is -0.215. The molecular formula is C19H23N7O3. The highest BCUT2D eigenvalue weighted by atomic mass is 16.5. The molecule has 0 saturated carbocycles. The van der Waals surface area contributed by atoms with Crippen molar-refractivity contribution >= 4 is 11.7 Å². The molecule has 1 aromatic carbocycles. The van der Waals surface area contributed by atoms with Crippen molar-refractivity contribution in [1.29, 1.82) is 0 Å². The molecule has 0 bridgehead atoms. The Kier molecular flexibility index (Phi) is 5.15. The van der Waals surface area contributed by atoms with E-state index >= 15 is 0 Å². The van der Waals surface area contributed by atoms with Gasteiger partial charge in [-0.3, -0.25) is 4.57 Å². The molecule has 2 N–H and O–H groups in total. The zero-order valence-electron chi connectivity index (χ0n) is 16.4. The van der Waals surface area contributed by atoms with Gasteiger partial charge in [0.2, 0.25) is 0 Å². The Morgan fingerprint density at radius 2 is 2.14 bits per heavy atom. The molecule has 0 radical (unpaired) electrons. The van der Waals surface area contributed by atoms with Crippen molar-refractivity contribution < 1.29 is 9.32 Å². The number of anilines is 1. The van der Waals surface area contributed by atoms with E-state index in [9.17, 15) is 9.59 Å². The molecule has 0 aliphatic carbocycles. The second-order valence-corrected chi connectivity index (χ2v) is 7.12. The molecule has 1 aliphatic rings. The first-order chi connectivity index (χ1) is 14.0. The van der Waals surface area contributed by atoms with E-state index in [1.54, 1.807) is 9.47 Å². The summed E-state index contributed by atoms with van der Waals surface area (Å²) in [5.41, 5.74) is 2.19. The number of aromatic amines is 1. The van der Waals surface area contributed by atoms with Crippen molar-refractivity contribution in [1.82, 2.24) is 29.8 Å². The van der Waals surface area contributed by atoms with Crippen LogP contribution in [0.1, 0.15) is 37.2 Å². The number of H-pyrrole nitrogens is 1. The predicted molar refractivity (Wildman–Crippen MR) is 106 cm³/mol. The van der Waals surface area contributed by atoms with E-state index in [0.29, 0.717) is 49.8 Å².